The maximum absolute atomic E-state index is 14.8. The monoisotopic (exact) mass is 403 g/mol. The molecular formula is C21H24FN2O3S+. The Morgan fingerprint density at radius 3 is 2.64 bits per heavy atom. The third-order valence-electron chi connectivity index (χ3n) is 5.11. The molecule has 0 saturated heterocycles. The fourth-order valence-corrected chi connectivity index (χ4v) is 4.95. The van der Waals surface area contributed by atoms with E-state index in [4.69, 9.17) is 9.47 Å². The van der Waals surface area contributed by atoms with Crippen molar-refractivity contribution in [3.63, 3.8) is 0 Å². The largest absolute Gasteiger partial charge is 0.497 e. The van der Waals surface area contributed by atoms with Gasteiger partial charge in [0.2, 0.25) is 0 Å². The zero-order chi connectivity index (χ0) is 19.7. The van der Waals surface area contributed by atoms with Gasteiger partial charge in [0.15, 0.2) is 6.54 Å². The molecule has 148 valence electrons. The van der Waals surface area contributed by atoms with Crippen LogP contribution in [-0.2, 0) is 5.72 Å². The molecule has 0 aliphatic carbocycles. The van der Waals surface area contributed by atoms with E-state index in [-0.39, 0.29) is 12.1 Å². The highest BCUT2D eigenvalue weighted by Crippen LogP contribution is 2.39. The van der Waals surface area contributed by atoms with Crippen LogP contribution in [0, 0.1) is 5.82 Å². The Bertz CT molecular complexity index is 903. The molecule has 1 N–H and O–H groups in total. The maximum Gasteiger partial charge on any atom is 0.316 e. The van der Waals surface area contributed by atoms with Crippen molar-refractivity contribution in [2.24, 2.45) is 0 Å². The van der Waals surface area contributed by atoms with Crippen LogP contribution in [0.3, 0.4) is 0 Å². The van der Waals surface area contributed by atoms with Gasteiger partial charge in [0.05, 0.1) is 25.8 Å². The molecule has 1 atom stereocenters. The van der Waals surface area contributed by atoms with Crippen molar-refractivity contribution in [3.05, 3.63) is 53.8 Å². The third kappa shape index (κ3) is 3.22. The number of aliphatic hydroxyl groups is 1. The number of nitrogens with zero attached hydrogens (tertiary/aromatic N) is 2. The van der Waals surface area contributed by atoms with Crippen LogP contribution in [0.15, 0.2) is 42.5 Å². The Morgan fingerprint density at radius 1 is 1.21 bits per heavy atom. The molecule has 0 unspecified atom stereocenters. The smallest absolute Gasteiger partial charge is 0.316 e. The summed E-state index contributed by atoms with van der Waals surface area (Å²) in [5.74, 6) is 1.74. The summed E-state index contributed by atoms with van der Waals surface area (Å²) in [7, 11) is 1.50. The van der Waals surface area contributed by atoms with Crippen LogP contribution < -0.4 is 14.4 Å². The van der Waals surface area contributed by atoms with Crippen molar-refractivity contribution >= 4 is 22.6 Å². The Hall–Kier alpha value is -2.25. The molecule has 2 heterocycles. The number of hydrogen-bond donors (Lipinski definition) is 1. The lowest BCUT2D eigenvalue weighted by Gasteiger charge is -2.24. The molecule has 0 amide bonds. The minimum atomic E-state index is -1.43. The van der Waals surface area contributed by atoms with Crippen LogP contribution in [0.1, 0.15) is 18.9 Å². The van der Waals surface area contributed by atoms with E-state index in [2.05, 4.69) is 4.90 Å². The molecule has 7 heteroatoms. The predicted molar refractivity (Wildman–Crippen MR) is 109 cm³/mol. The number of benzene rings is 2. The molecule has 0 radical (unpaired) electrons. The van der Waals surface area contributed by atoms with Gasteiger partial charge in [-0.2, -0.15) is 0 Å². The lowest BCUT2D eigenvalue weighted by Crippen LogP contribution is -2.42. The number of rotatable bonds is 5. The lowest BCUT2D eigenvalue weighted by atomic mass is 10.0. The Labute approximate surface area is 168 Å². The second-order valence-electron chi connectivity index (χ2n) is 6.81. The van der Waals surface area contributed by atoms with Gasteiger partial charge in [0.25, 0.3) is 5.72 Å². The number of amidine groups is 1. The van der Waals surface area contributed by atoms with Crippen LogP contribution >= 0.6 is 11.8 Å². The molecule has 4 rings (SSSR count). The molecule has 2 aliphatic heterocycles. The summed E-state index contributed by atoms with van der Waals surface area (Å²) in [6, 6.07) is 12.4. The van der Waals surface area contributed by atoms with Crippen LogP contribution in [0.25, 0.3) is 0 Å². The van der Waals surface area contributed by atoms with E-state index in [9.17, 15) is 9.50 Å². The van der Waals surface area contributed by atoms with E-state index in [0.717, 1.165) is 28.8 Å². The molecule has 5 nitrogen and oxygen atoms in total. The summed E-state index contributed by atoms with van der Waals surface area (Å²) >= 11 is 1.69. The summed E-state index contributed by atoms with van der Waals surface area (Å²) in [5.41, 5.74) is -0.220. The second-order valence-corrected chi connectivity index (χ2v) is 7.87. The SMILES string of the molecule is CCOc1ccc(N2C[C@@](O)(c3ccc(OC)cc3F)[N+]3=C2SCCC3)cc1. The summed E-state index contributed by atoms with van der Waals surface area (Å²) < 4.78 is 27.4. The standard InChI is InChI=1S/C21H24FN2O3S/c1-3-27-16-7-5-15(6-8-16)23-14-21(25,24-11-4-12-28-20(23)24)18-10-9-17(26-2)13-19(18)22/h5-10,13,25H,3-4,11-12,14H2,1-2H3/q+1/t21-/m1/s1. The van der Waals surface area contributed by atoms with Crippen molar-refractivity contribution in [3.8, 4) is 11.5 Å². The lowest BCUT2D eigenvalue weighted by molar-refractivity contribution is -0.657. The average Bonchev–Trinajstić information content (AvgIpc) is 3.02. The predicted octanol–water partition coefficient (Wildman–Crippen LogP) is 3.40. The van der Waals surface area contributed by atoms with Gasteiger partial charge in [-0.1, -0.05) is 0 Å². The summed E-state index contributed by atoms with van der Waals surface area (Å²) in [6.45, 7) is 3.50. The molecule has 28 heavy (non-hydrogen) atoms. The topological polar surface area (TPSA) is 44.9 Å². The summed E-state index contributed by atoms with van der Waals surface area (Å²) in [6.07, 6.45) is 0.936. The van der Waals surface area contributed by atoms with Crippen molar-refractivity contribution in [1.29, 1.82) is 0 Å². The van der Waals surface area contributed by atoms with E-state index < -0.39 is 11.5 Å². The molecule has 0 saturated carbocycles. The first kappa shape index (κ1) is 19.1. The van der Waals surface area contributed by atoms with Gasteiger partial charge >= 0.3 is 5.17 Å². The molecule has 2 aliphatic rings. The number of halogens is 1. The number of anilines is 1. The minimum Gasteiger partial charge on any atom is -0.497 e. The molecule has 0 fully saturated rings. The number of thioether (sulfide) groups is 1. The van der Waals surface area contributed by atoms with Gasteiger partial charge in [-0.3, -0.25) is 0 Å². The highest BCUT2D eigenvalue weighted by atomic mass is 32.2. The van der Waals surface area contributed by atoms with Crippen LogP contribution in [0.4, 0.5) is 10.1 Å². The van der Waals surface area contributed by atoms with E-state index in [1.807, 2.05) is 35.8 Å². The zero-order valence-electron chi connectivity index (χ0n) is 16.0. The number of hydrogen-bond acceptors (Lipinski definition) is 5. The average molecular weight is 403 g/mol. The highest BCUT2D eigenvalue weighted by Gasteiger charge is 2.54. The minimum absolute atomic E-state index is 0.257. The van der Waals surface area contributed by atoms with Crippen molar-refractivity contribution in [2.45, 2.75) is 19.1 Å². The van der Waals surface area contributed by atoms with Gasteiger partial charge in [0, 0.05) is 11.8 Å². The van der Waals surface area contributed by atoms with Crippen LogP contribution in [0.5, 0.6) is 11.5 Å². The van der Waals surface area contributed by atoms with Crippen molar-refractivity contribution in [1.82, 2.24) is 0 Å². The molecule has 0 bridgehead atoms. The fourth-order valence-electron chi connectivity index (χ4n) is 3.77. The number of β-amino-alcohol motifs (C(OH)–C–C–N with tert-alkyl or cyclic N) is 1. The first-order valence-corrected chi connectivity index (χ1v) is 10.4. The Morgan fingerprint density at radius 2 is 1.96 bits per heavy atom. The molecule has 2 aromatic carbocycles. The maximum atomic E-state index is 14.8. The molecule has 2 aromatic rings. The van der Waals surface area contributed by atoms with Crippen LogP contribution in [-0.4, -0.2) is 47.4 Å². The third-order valence-corrected chi connectivity index (χ3v) is 6.30. The van der Waals surface area contributed by atoms with E-state index >= 15 is 0 Å². The quantitative estimate of drug-likeness (QED) is 0.776. The van der Waals surface area contributed by atoms with E-state index in [0.29, 0.717) is 18.9 Å². The Balaban J connectivity index is 1.73. The van der Waals surface area contributed by atoms with Crippen molar-refractivity contribution < 1.29 is 23.5 Å². The van der Waals surface area contributed by atoms with E-state index in [1.165, 1.54) is 13.2 Å². The van der Waals surface area contributed by atoms with Gasteiger partial charge in [-0.15, -0.1) is 0 Å². The van der Waals surface area contributed by atoms with E-state index in [1.54, 1.807) is 23.9 Å². The second kappa shape index (κ2) is 7.64. The van der Waals surface area contributed by atoms with Crippen LogP contribution in [0.2, 0.25) is 0 Å². The highest BCUT2D eigenvalue weighted by molar-refractivity contribution is 8.13. The number of ether oxygens (including phenoxy) is 2. The summed E-state index contributed by atoms with van der Waals surface area (Å²) in [4.78, 5) is 2.06. The molecular weight excluding hydrogens is 379 g/mol. The van der Waals surface area contributed by atoms with Crippen molar-refractivity contribution in [2.75, 3.05) is 37.5 Å². The fraction of sp³-hybridized carbons (Fsp3) is 0.381. The first-order valence-electron chi connectivity index (χ1n) is 9.41. The molecule has 0 spiro atoms. The Kier molecular flexibility index (Phi) is 5.21. The number of methoxy groups -OCH3 is 1. The van der Waals surface area contributed by atoms with Gasteiger partial charge in [-0.25, -0.2) is 13.9 Å². The zero-order valence-corrected chi connectivity index (χ0v) is 16.8. The van der Waals surface area contributed by atoms with Gasteiger partial charge in [-0.05, 0) is 61.5 Å². The summed E-state index contributed by atoms with van der Waals surface area (Å²) in [5, 5.41) is 12.6. The first-order chi connectivity index (χ1) is 13.6. The van der Waals surface area contributed by atoms with Gasteiger partial charge in [0.1, 0.15) is 23.0 Å². The normalized spacial score (nSPS) is 21.6. The molecule has 0 aromatic heterocycles. The van der Waals surface area contributed by atoms with Gasteiger partial charge < -0.3 is 14.6 Å².